The number of hydrogen-bond acceptors (Lipinski definition) is 6. The third-order valence-corrected chi connectivity index (χ3v) is 7.22. The number of nitrogens with zero attached hydrogens (tertiary/aromatic N) is 1. The molecule has 2 aromatic rings. The van der Waals surface area contributed by atoms with E-state index in [1.165, 1.54) is 19.2 Å². The summed E-state index contributed by atoms with van der Waals surface area (Å²) in [7, 11) is 0.801. The average molecular weight is 461 g/mol. The largest absolute Gasteiger partial charge is 0.497 e. The second-order valence-corrected chi connectivity index (χ2v) is 9.79. The van der Waals surface area contributed by atoms with E-state index in [1.54, 1.807) is 31.3 Å². The van der Waals surface area contributed by atoms with Gasteiger partial charge in [-0.3, -0.25) is 4.79 Å². The fraction of sp³-hybridized carbons (Fsp3) is 0.435. The molecule has 2 aliphatic carbocycles. The van der Waals surface area contributed by atoms with Gasteiger partial charge >= 0.3 is 0 Å². The fourth-order valence-electron chi connectivity index (χ4n) is 3.61. The Morgan fingerprint density at radius 2 is 1.66 bits per heavy atom. The van der Waals surface area contributed by atoms with Crippen LogP contribution in [0.5, 0.6) is 17.2 Å². The van der Waals surface area contributed by atoms with Crippen molar-refractivity contribution >= 4 is 15.9 Å². The van der Waals surface area contributed by atoms with E-state index in [4.69, 9.17) is 14.2 Å². The summed E-state index contributed by atoms with van der Waals surface area (Å²) in [5, 5.41) is 0. The molecule has 0 aromatic heterocycles. The van der Waals surface area contributed by atoms with E-state index in [0.717, 1.165) is 31.2 Å². The number of carbonyl (C=O) groups excluding carboxylic acids is 1. The van der Waals surface area contributed by atoms with Crippen molar-refractivity contribution in [3.05, 3.63) is 47.5 Å². The molecule has 0 spiro atoms. The van der Waals surface area contributed by atoms with Gasteiger partial charge in [-0.1, -0.05) is 0 Å². The van der Waals surface area contributed by atoms with Crippen molar-refractivity contribution in [2.45, 2.75) is 49.2 Å². The highest BCUT2D eigenvalue weighted by atomic mass is 32.2. The molecule has 2 saturated carbocycles. The van der Waals surface area contributed by atoms with Crippen molar-refractivity contribution in [3.8, 4) is 17.2 Å². The second-order valence-electron chi connectivity index (χ2n) is 8.10. The molecule has 0 aliphatic heterocycles. The van der Waals surface area contributed by atoms with Gasteiger partial charge in [-0.2, -0.15) is 0 Å². The quantitative estimate of drug-likeness (QED) is 0.586. The topological polar surface area (TPSA) is 94.2 Å². The zero-order chi connectivity index (χ0) is 22.9. The van der Waals surface area contributed by atoms with E-state index >= 15 is 0 Å². The molecule has 0 radical (unpaired) electrons. The third-order valence-electron chi connectivity index (χ3n) is 5.68. The number of hydrogen-bond donors (Lipinski definition) is 1. The number of sulfonamides is 1. The van der Waals surface area contributed by atoms with Crippen LogP contribution in [0.4, 0.5) is 0 Å². The molecule has 0 bridgehead atoms. The lowest BCUT2D eigenvalue weighted by molar-refractivity contribution is 0.0728. The average Bonchev–Trinajstić information content (AvgIpc) is 3.72. The van der Waals surface area contributed by atoms with Crippen LogP contribution in [-0.2, 0) is 16.6 Å². The molecular formula is C23H28N2O6S. The van der Waals surface area contributed by atoms with E-state index in [2.05, 4.69) is 4.72 Å². The second kappa shape index (κ2) is 8.99. The van der Waals surface area contributed by atoms with Gasteiger partial charge in [0.1, 0.15) is 22.1 Å². The molecule has 0 heterocycles. The number of rotatable bonds is 10. The maximum atomic E-state index is 13.5. The predicted molar refractivity (Wildman–Crippen MR) is 119 cm³/mol. The van der Waals surface area contributed by atoms with Gasteiger partial charge < -0.3 is 19.1 Å². The number of nitrogens with one attached hydrogen (secondary N) is 1. The van der Waals surface area contributed by atoms with E-state index < -0.39 is 10.0 Å². The van der Waals surface area contributed by atoms with Crippen LogP contribution in [0.15, 0.2) is 41.3 Å². The fourth-order valence-corrected chi connectivity index (χ4v) is 5.11. The van der Waals surface area contributed by atoms with E-state index in [9.17, 15) is 13.2 Å². The standard InChI is InChI=1S/C23H28N2O6S/c1-29-19-9-11-20(30-2)16(12-19)14-25(18-7-8-18)23(26)15-4-10-21(31-3)22(13-15)32(27,28)24-17-5-6-17/h4,9-13,17-18,24H,5-8,14H2,1-3H3. The molecule has 0 atom stereocenters. The Morgan fingerprint density at radius 1 is 0.969 bits per heavy atom. The number of amides is 1. The summed E-state index contributed by atoms with van der Waals surface area (Å²) in [5.74, 6) is 1.31. The van der Waals surface area contributed by atoms with Crippen LogP contribution in [0.1, 0.15) is 41.6 Å². The maximum Gasteiger partial charge on any atom is 0.254 e. The van der Waals surface area contributed by atoms with Crippen LogP contribution in [-0.4, -0.2) is 52.6 Å². The van der Waals surface area contributed by atoms with Gasteiger partial charge in [-0.15, -0.1) is 0 Å². The van der Waals surface area contributed by atoms with E-state index in [1.807, 2.05) is 12.1 Å². The SMILES string of the molecule is COc1ccc(OC)c(CN(C(=O)c2ccc(OC)c(S(=O)(=O)NC3CC3)c2)C2CC2)c1. The maximum absolute atomic E-state index is 13.5. The first-order valence-corrected chi connectivity index (χ1v) is 12.1. The molecule has 9 heteroatoms. The Kier molecular flexibility index (Phi) is 6.30. The summed E-state index contributed by atoms with van der Waals surface area (Å²) in [5.41, 5.74) is 1.12. The van der Waals surface area contributed by atoms with Crippen LogP contribution in [0, 0.1) is 0 Å². The summed E-state index contributed by atoms with van der Waals surface area (Å²) in [6.07, 6.45) is 3.45. The minimum atomic E-state index is -3.79. The molecule has 0 unspecified atom stereocenters. The molecule has 2 fully saturated rings. The van der Waals surface area contributed by atoms with Crippen molar-refractivity contribution in [1.82, 2.24) is 9.62 Å². The molecule has 32 heavy (non-hydrogen) atoms. The summed E-state index contributed by atoms with van der Waals surface area (Å²) in [6.45, 7) is 0.332. The zero-order valence-electron chi connectivity index (χ0n) is 18.5. The highest BCUT2D eigenvalue weighted by Crippen LogP contribution is 2.34. The summed E-state index contributed by atoms with van der Waals surface area (Å²) in [4.78, 5) is 15.2. The molecular weight excluding hydrogens is 432 g/mol. The first-order valence-electron chi connectivity index (χ1n) is 10.6. The molecule has 1 amide bonds. The molecule has 172 valence electrons. The Balaban J connectivity index is 1.65. The van der Waals surface area contributed by atoms with E-state index in [0.29, 0.717) is 23.6 Å². The van der Waals surface area contributed by atoms with Crippen LogP contribution in [0.25, 0.3) is 0 Å². The zero-order valence-corrected chi connectivity index (χ0v) is 19.3. The van der Waals surface area contributed by atoms with Gasteiger partial charge in [0.15, 0.2) is 0 Å². The molecule has 8 nitrogen and oxygen atoms in total. The lowest BCUT2D eigenvalue weighted by Crippen LogP contribution is -2.33. The van der Waals surface area contributed by atoms with Crippen molar-refractivity contribution in [2.75, 3.05) is 21.3 Å². The predicted octanol–water partition coefficient (Wildman–Crippen LogP) is 2.96. The Labute approximate surface area is 188 Å². The smallest absolute Gasteiger partial charge is 0.254 e. The van der Waals surface area contributed by atoms with Gasteiger partial charge in [0.2, 0.25) is 10.0 Å². The lowest BCUT2D eigenvalue weighted by Gasteiger charge is -2.24. The minimum absolute atomic E-state index is 0.0209. The Morgan fingerprint density at radius 3 is 2.25 bits per heavy atom. The molecule has 2 aliphatic rings. The number of carbonyl (C=O) groups is 1. The monoisotopic (exact) mass is 460 g/mol. The summed E-state index contributed by atoms with van der Waals surface area (Å²) >= 11 is 0. The highest BCUT2D eigenvalue weighted by Gasteiger charge is 2.35. The van der Waals surface area contributed by atoms with Gasteiger partial charge in [-0.05, 0) is 62.1 Å². The summed E-state index contributed by atoms with van der Waals surface area (Å²) in [6, 6.07) is 10.1. The van der Waals surface area contributed by atoms with Crippen LogP contribution in [0.2, 0.25) is 0 Å². The van der Waals surface area contributed by atoms with Gasteiger partial charge in [-0.25, -0.2) is 13.1 Å². The Hall–Kier alpha value is -2.78. The van der Waals surface area contributed by atoms with Crippen molar-refractivity contribution in [2.24, 2.45) is 0 Å². The molecule has 4 rings (SSSR count). The van der Waals surface area contributed by atoms with Crippen LogP contribution < -0.4 is 18.9 Å². The van der Waals surface area contributed by atoms with E-state index in [-0.39, 0.29) is 28.6 Å². The van der Waals surface area contributed by atoms with Crippen molar-refractivity contribution < 1.29 is 27.4 Å². The van der Waals surface area contributed by atoms with Gasteiger partial charge in [0, 0.05) is 23.2 Å². The molecule has 2 aromatic carbocycles. The van der Waals surface area contributed by atoms with Crippen LogP contribution in [0.3, 0.4) is 0 Å². The molecule has 1 N–H and O–H groups in total. The first kappa shape index (κ1) is 22.4. The summed E-state index contributed by atoms with van der Waals surface area (Å²) < 4.78 is 44.4. The lowest BCUT2D eigenvalue weighted by atomic mass is 10.1. The minimum Gasteiger partial charge on any atom is -0.497 e. The van der Waals surface area contributed by atoms with Crippen LogP contribution >= 0.6 is 0 Å². The number of benzene rings is 2. The Bertz CT molecular complexity index is 1110. The number of ether oxygens (including phenoxy) is 3. The first-order chi connectivity index (χ1) is 15.4. The third kappa shape index (κ3) is 4.83. The van der Waals surface area contributed by atoms with Gasteiger partial charge in [0.25, 0.3) is 5.91 Å². The highest BCUT2D eigenvalue weighted by molar-refractivity contribution is 7.89. The van der Waals surface area contributed by atoms with Crippen molar-refractivity contribution in [1.29, 1.82) is 0 Å². The van der Waals surface area contributed by atoms with Gasteiger partial charge in [0.05, 0.1) is 27.9 Å². The number of methoxy groups -OCH3 is 3. The van der Waals surface area contributed by atoms with Crippen molar-refractivity contribution in [3.63, 3.8) is 0 Å². The normalized spacial score (nSPS) is 15.8. The molecule has 0 saturated heterocycles.